The van der Waals surface area contributed by atoms with Gasteiger partial charge in [-0.2, -0.15) is 0 Å². The Bertz CT molecular complexity index is 3670. The summed E-state index contributed by atoms with van der Waals surface area (Å²) in [6.45, 7) is 27.3. The Balaban J connectivity index is 1.21. The van der Waals surface area contributed by atoms with Gasteiger partial charge in [0.2, 0.25) is 0 Å². The number of benzene rings is 6. The van der Waals surface area contributed by atoms with Crippen LogP contribution in [-0.4, -0.2) is 4.98 Å². The standard InChI is InChI=1S/C77H79N/c1-11-53(5)48-67(39-38-56(8)55(7)26-24-36-68(54(6)12-2)61-31-18-14-19-32-61)76-70-44-43-66(64-41-40-60-30-22-23-35-63(60)49-64)51-73(70)77(71-45-42-65(50-72(71)76)59-28-16-13-17-29-59)75-47-46-74(78-75)57(9)27-25-37-69(58(10)52(3)4)62-33-20-15-21-34-62/h14-16,18-21,23-29,31-54,78H,7-8,11-13,17,22,30H2,1-6,9-10H3/b26-24-,37-25-,39-38-,57-27+,67-48+,68-36+,69-58-. The van der Waals surface area contributed by atoms with Crippen LogP contribution < -0.4 is 0 Å². The van der Waals surface area contributed by atoms with E-state index in [4.69, 9.17) is 0 Å². The van der Waals surface area contributed by atoms with E-state index < -0.39 is 0 Å². The largest absolute Gasteiger partial charge is 0.355 e. The molecule has 2 unspecified atom stereocenters. The Morgan fingerprint density at radius 2 is 1.28 bits per heavy atom. The van der Waals surface area contributed by atoms with E-state index in [9.17, 15) is 0 Å². The van der Waals surface area contributed by atoms with Crippen molar-refractivity contribution in [1.29, 1.82) is 0 Å². The number of hydrogen-bond acceptors (Lipinski definition) is 0. The number of H-pyrrole nitrogens is 1. The van der Waals surface area contributed by atoms with E-state index in [-0.39, 0.29) is 0 Å². The number of aromatic amines is 1. The van der Waals surface area contributed by atoms with Crippen molar-refractivity contribution in [1.82, 2.24) is 4.98 Å². The summed E-state index contributed by atoms with van der Waals surface area (Å²) >= 11 is 0. The summed E-state index contributed by atoms with van der Waals surface area (Å²) in [6.07, 6.45) is 38.2. The number of rotatable bonds is 19. The molecule has 0 spiro atoms. The third-order valence-electron chi connectivity index (χ3n) is 16.3. The lowest BCUT2D eigenvalue weighted by Crippen LogP contribution is -1.98. The fourth-order valence-electron chi connectivity index (χ4n) is 10.9. The molecule has 2 aliphatic rings. The molecular weight excluding hydrogens is 939 g/mol. The summed E-state index contributed by atoms with van der Waals surface area (Å²) < 4.78 is 0. The van der Waals surface area contributed by atoms with Gasteiger partial charge in [0.1, 0.15) is 0 Å². The maximum atomic E-state index is 4.61. The quantitative estimate of drug-likeness (QED) is 0.0614. The van der Waals surface area contributed by atoms with E-state index in [0.717, 1.165) is 61.1 Å². The highest BCUT2D eigenvalue weighted by Crippen LogP contribution is 2.45. The van der Waals surface area contributed by atoms with E-state index >= 15 is 0 Å². The van der Waals surface area contributed by atoms with Crippen molar-refractivity contribution >= 4 is 55.5 Å². The molecule has 2 aliphatic carbocycles. The fraction of sp³-hybridized carbons (Fsp3) is 0.221. The molecule has 1 heterocycles. The lowest BCUT2D eigenvalue weighted by Gasteiger charge is -2.21. The zero-order chi connectivity index (χ0) is 54.7. The summed E-state index contributed by atoms with van der Waals surface area (Å²) in [6, 6.07) is 47.4. The van der Waals surface area contributed by atoms with Gasteiger partial charge in [0.05, 0.1) is 0 Å². The molecule has 0 amide bonds. The lowest BCUT2D eigenvalue weighted by molar-refractivity contribution is 0.700. The first-order valence-electron chi connectivity index (χ1n) is 28.7. The Kier molecular flexibility index (Phi) is 17.9. The van der Waals surface area contributed by atoms with Crippen LogP contribution in [0.3, 0.4) is 0 Å². The number of hydrogen-bond donors (Lipinski definition) is 1. The highest BCUT2D eigenvalue weighted by molar-refractivity contribution is 6.20. The molecule has 0 saturated carbocycles. The van der Waals surface area contributed by atoms with Gasteiger partial charge in [0.15, 0.2) is 0 Å². The third kappa shape index (κ3) is 12.5. The van der Waals surface area contributed by atoms with Crippen LogP contribution in [0, 0.1) is 17.8 Å². The molecular formula is C77H79N. The van der Waals surface area contributed by atoms with Crippen molar-refractivity contribution in [2.24, 2.45) is 17.8 Å². The molecule has 0 saturated heterocycles. The van der Waals surface area contributed by atoms with Crippen LogP contribution >= 0.6 is 0 Å². The Morgan fingerprint density at radius 3 is 2.01 bits per heavy atom. The summed E-state index contributed by atoms with van der Waals surface area (Å²) in [5.74, 6) is 1.19. The van der Waals surface area contributed by atoms with Gasteiger partial charge in [-0.15, -0.1) is 0 Å². The predicted octanol–water partition coefficient (Wildman–Crippen LogP) is 22.2. The topological polar surface area (TPSA) is 15.8 Å². The molecule has 0 bridgehead atoms. The minimum atomic E-state index is 0.325. The summed E-state index contributed by atoms with van der Waals surface area (Å²) in [5.41, 5.74) is 22.9. The third-order valence-corrected chi connectivity index (χ3v) is 16.3. The van der Waals surface area contributed by atoms with Gasteiger partial charge in [-0.1, -0.05) is 249 Å². The maximum Gasteiger partial charge on any atom is 0.0471 e. The highest BCUT2D eigenvalue weighted by atomic mass is 14.7. The van der Waals surface area contributed by atoms with Gasteiger partial charge in [0.25, 0.3) is 0 Å². The minimum Gasteiger partial charge on any atom is -0.355 e. The summed E-state index contributed by atoms with van der Waals surface area (Å²) in [5, 5.41) is 4.85. The SMILES string of the molecule is C=C(/C=C\C=C(\c1ccccc1)C(C)CC)C(=C)/C=C\C(=C/C(C)CC)c1c2cc(C3=CCCC=C3)ccc2c(-c2ccc(/C(C)=C/C=C\C(=C(/C)C(C)C)c3ccccc3)[nH]2)c2cc(-c3ccc4c(c3)C=CCC4)ccc12. The molecule has 1 nitrogen and oxygen atoms in total. The van der Waals surface area contributed by atoms with E-state index in [0.29, 0.717) is 17.8 Å². The van der Waals surface area contributed by atoms with Crippen LogP contribution in [0.5, 0.6) is 0 Å². The van der Waals surface area contributed by atoms with Gasteiger partial charge in [-0.05, 0) is 199 Å². The number of aromatic nitrogens is 1. The van der Waals surface area contributed by atoms with Gasteiger partial charge in [-0.3, -0.25) is 0 Å². The molecule has 7 aromatic rings. The zero-order valence-corrected chi connectivity index (χ0v) is 47.6. The van der Waals surface area contributed by atoms with Crippen molar-refractivity contribution in [2.75, 3.05) is 0 Å². The van der Waals surface area contributed by atoms with E-state index in [1.165, 1.54) is 105 Å². The molecule has 392 valence electrons. The van der Waals surface area contributed by atoms with E-state index in [1.807, 2.05) is 0 Å². The second kappa shape index (κ2) is 25.4. The maximum absolute atomic E-state index is 4.61. The average Bonchev–Trinajstić information content (AvgIpc) is 4.13. The summed E-state index contributed by atoms with van der Waals surface area (Å²) in [7, 11) is 0. The monoisotopic (exact) mass is 1020 g/mol. The number of nitrogens with one attached hydrogen (secondary N) is 1. The molecule has 78 heavy (non-hydrogen) atoms. The first-order chi connectivity index (χ1) is 37.9. The van der Waals surface area contributed by atoms with Gasteiger partial charge in [-0.25, -0.2) is 0 Å². The van der Waals surface area contributed by atoms with Crippen LogP contribution in [-0.2, 0) is 6.42 Å². The van der Waals surface area contributed by atoms with Gasteiger partial charge >= 0.3 is 0 Å². The molecule has 0 aliphatic heterocycles. The molecule has 1 N–H and O–H groups in total. The van der Waals surface area contributed by atoms with Crippen molar-refractivity contribution in [3.05, 3.63) is 275 Å². The van der Waals surface area contributed by atoms with Crippen LogP contribution in [0.2, 0.25) is 0 Å². The molecule has 0 fully saturated rings. The molecule has 6 aromatic carbocycles. The molecule has 2 atom stereocenters. The second-order valence-corrected chi connectivity index (χ2v) is 21.9. The average molecular weight is 1020 g/mol. The van der Waals surface area contributed by atoms with Crippen LogP contribution in [0.25, 0.3) is 77.9 Å². The molecule has 0 radical (unpaired) electrons. The Morgan fingerprint density at radius 1 is 0.603 bits per heavy atom. The van der Waals surface area contributed by atoms with Crippen molar-refractivity contribution in [3.8, 4) is 22.4 Å². The summed E-state index contributed by atoms with van der Waals surface area (Å²) in [4.78, 5) is 3.98. The Labute approximate surface area is 467 Å². The molecule has 1 heteroatoms. The fourth-order valence-corrected chi connectivity index (χ4v) is 10.9. The highest BCUT2D eigenvalue weighted by Gasteiger charge is 2.22. The van der Waals surface area contributed by atoms with Gasteiger partial charge in [0, 0.05) is 17.0 Å². The lowest BCUT2D eigenvalue weighted by atomic mass is 9.83. The molecule has 1 aromatic heterocycles. The first-order valence-corrected chi connectivity index (χ1v) is 28.7. The first kappa shape index (κ1) is 54.8. The Hall–Kier alpha value is -8.00. The number of fused-ring (bicyclic) bond motifs is 3. The zero-order valence-electron chi connectivity index (χ0n) is 47.6. The van der Waals surface area contributed by atoms with Crippen LogP contribution in [0.4, 0.5) is 0 Å². The number of allylic oxidation sites excluding steroid dienone is 21. The van der Waals surface area contributed by atoms with Gasteiger partial charge < -0.3 is 4.98 Å². The second-order valence-electron chi connectivity index (χ2n) is 21.9. The van der Waals surface area contributed by atoms with Crippen molar-refractivity contribution in [2.45, 2.75) is 93.9 Å². The minimum absolute atomic E-state index is 0.325. The predicted molar refractivity (Wildman–Crippen MR) is 345 cm³/mol. The van der Waals surface area contributed by atoms with Crippen molar-refractivity contribution < 1.29 is 0 Å². The number of aryl methyl sites for hydroxylation is 1. The van der Waals surface area contributed by atoms with E-state index in [2.05, 4.69) is 286 Å². The smallest absolute Gasteiger partial charge is 0.0471 e. The van der Waals surface area contributed by atoms with Crippen LogP contribution in [0.15, 0.2) is 236 Å². The normalized spacial score (nSPS) is 15.4. The van der Waals surface area contributed by atoms with Crippen LogP contribution in [0.1, 0.15) is 127 Å². The molecule has 9 rings (SSSR count). The van der Waals surface area contributed by atoms with Crippen molar-refractivity contribution in [3.63, 3.8) is 0 Å². The van der Waals surface area contributed by atoms with E-state index in [1.54, 1.807) is 0 Å².